The summed E-state index contributed by atoms with van der Waals surface area (Å²) in [5.74, 6) is -0.00334. The average molecular weight is 500 g/mol. The molecule has 0 spiro atoms. The van der Waals surface area contributed by atoms with Gasteiger partial charge in [0.2, 0.25) is 0 Å². The van der Waals surface area contributed by atoms with Crippen LogP contribution in [0.25, 0.3) is 0 Å². The first-order chi connectivity index (χ1) is 16.2. The quantitative estimate of drug-likeness (QED) is 0.346. The molecule has 1 aromatic rings. The standard InChI is InChI=1S/C24H38NO8P/c1-16(2)31-24(27)17(3)25-34(28,33-19-13-9-6-10-14-19)30-15-20-23(29-4)21(26)22(32-20)18-11-7-5-8-12-18/h6,9-10,13-14,16-18,20-23,26H,5,7-8,11-12,15H2,1-4H3,(H,25,28)/t17-,20+,21?,22?,23?,34?/m0/s1. The van der Waals surface area contributed by atoms with Gasteiger partial charge in [0.1, 0.15) is 30.1 Å². The Hall–Kier alpha value is -1.48. The SMILES string of the molecule is COC1C(O)C(C2CCCCC2)O[C@@H]1COP(=O)(N[C@@H](C)C(=O)OC(C)C)Oc1ccccc1. The van der Waals surface area contributed by atoms with E-state index in [-0.39, 0.29) is 24.7 Å². The monoisotopic (exact) mass is 499 g/mol. The van der Waals surface area contributed by atoms with Crippen molar-refractivity contribution in [1.82, 2.24) is 5.09 Å². The third-order valence-corrected chi connectivity index (χ3v) is 7.84. The Morgan fingerprint density at radius 2 is 1.85 bits per heavy atom. The van der Waals surface area contributed by atoms with Gasteiger partial charge < -0.3 is 23.8 Å². The van der Waals surface area contributed by atoms with Gasteiger partial charge in [0, 0.05) is 7.11 Å². The summed E-state index contributed by atoms with van der Waals surface area (Å²) in [6.45, 7) is 4.85. The molecule has 1 aliphatic carbocycles. The number of benzene rings is 1. The van der Waals surface area contributed by atoms with Crippen LogP contribution in [0.5, 0.6) is 5.75 Å². The van der Waals surface area contributed by atoms with E-state index in [4.69, 9.17) is 23.3 Å². The number of carbonyl (C=O) groups excluding carboxylic acids is 1. The molecule has 0 radical (unpaired) electrons. The summed E-state index contributed by atoms with van der Waals surface area (Å²) < 4.78 is 42.0. The largest absolute Gasteiger partial charge is 0.462 e. The molecule has 2 N–H and O–H groups in total. The minimum Gasteiger partial charge on any atom is -0.462 e. The molecular weight excluding hydrogens is 461 g/mol. The van der Waals surface area contributed by atoms with Crippen LogP contribution in [0.4, 0.5) is 0 Å². The fourth-order valence-electron chi connectivity index (χ4n) is 4.55. The van der Waals surface area contributed by atoms with E-state index < -0.39 is 38.1 Å². The van der Waals surface area contributed by atoms with E-state index in [9.17, 15) is 14.5 Å². The van der Waals surface area contributed by atoms with Crippen LogP contribution in [0.2, 0.25) is 0 Å². The molecule has 1 saturated heterocycles. The van der Waals surface area contributed by atoms with Crippen LogP contribution in [0.3, 0.4) is 0 Å². The van der Waals surface area contributed by atoms with E-state index in [1.54, 1.807) is 44.2 Å². The number of hydrogen-bond donors (Lipinski definition) is 2. The van der Waals surface area contributed by atoms with Crippen LogP contribution in [-0.2, 0) is 28.1 Å². The predicted octanol–water partition coefficient (Wildman–Crippen LogP) is 3.84. The maximum atomic E-state index is 13.7. The van der Waals surface area contributed by atoms with Crippen molar-refractivity contribution in [3.05, 3.63) is 30.3 Å². The Kier molecular flexibility index (Phi) is 9.95. The van der Waals surface area contributed by atoms with Gasteiger partial charge in [0.25, 0.3) is 0 Å². The fraction of sp³-hybridized carbons (Fsp3) is 0.708. The second-order valence-electron chi connectivity index (χ2n) is 9.26. The number of aliphatic hydroxyl groups is 1. The first-order valence-corrected chi connectivity index (χ1v) is 13.6. The van der Waals surface area contributed by atoms with Crippen molar-refractivity contribution in [2.45, 2.75) is 89.4 Å². The molecule has 2 fully saturated rings. The molecule has 2 aliphatic rings. The second kappa shape index (κ2) is 12.5. The summed E-state index contributed by atoms with van der Waals surface area (Å²) in [5, 5.41) is 13.5. The summed E-state index contributed by atoms with van der Waals surface area (Å²) in [4.78, 5) is 12.3. The van der Waals surface area contributed by atoms with Crippen molar-refractivity contribution in [2.75, 3.05) is 13.7 Å². The maximum Gasteiger partial charge on any atom is 0.459 e. The van der Waals surface area contributed by atoms with Crippen molar-refractivity contribution < 1.29 is 37.7 Å². The third kappa shape index (κ3) is 7.26. The van der Waals surface area contributed by atoms with Crippen LogP contribution in [-0.4, -0.2) is 61.4 Å². The number of carbonyl (C=O) groups is 1. The van der Waals surface area contributed by atoms with Crippen LogP contribution in [0.15, 0.2) is 30.3 Å². The number of para-hydroxylation sites is 1. The summed E-state index contributed by atoms with van der Waals surface area (Å²) in [6.07, 6.45) is 2.68. The van der Waals surface area contributed by atoms with Gasteiger partial charge in [-0.1, -0.05) is 37.5 Å². The second-order valence-corrected chi connectivity index (χ2v) is 11.0. The molecule has 4 unspecified atom stereocenters. The molecule has 1 aliphatic heterocycles. The molecule has 1 heterocycles. The smallest absolute Gasteiger partial charge is 0.459 e. The lowest BCUT2D eigenvalue weighted by molar-refractivity contribution is -0.149. The molecule has 1 aromatic carbocycles. The zero-order valence-electron chi connectivity index (χ0n) is 20.4. The summed E-state index contributed by atoms with van der Waals surface area (Å²) in [5.41, 5.74) is 0. The van der Waals surface area contributed by atoms with Gasteiger partial charge in [0.05, 0.1) is 18.8 Å². The molecule has 1 saturated carbocycles. The fourth-order valence-corrected chi connectivity index (χ4v) is 6.05. The molecule has 6 atom stereocenters. The molecule has 192 valence electrons. The number of hydrogen-bond acceptors (Lipinski definition) is 8. The van der Waals surface area contributed by atoms with Crippen molar-refractivity contribution in [2.24, 2.45) is 5.92 Å². The Bertz CT molecular complexity index is 816. The predicted molar refractivity (Wildman–Crippen MR) is 126 cm³/mol. The molecule has 3 rings (SSSR count). The molecule has 0 aromatic heterocycles. The number of rotatable bonds is 11. The topological polar surface area (TPSA) is 113 Å². The minimum absolute atomic E-state index is 0.151. The highest BCUT2D eigenvalue weighted by atomic mass is 31.2. The van der Waals surface area contributed by atoms with E-state index in [1.165, 1.54) is 20.5 Å². The highest BCUT2D eigenvalue weighted by Crippen LogP contribution is 2.46. The number of methoxy groups -OCH3 is 1. The minimum atomic E-state index is -4.02. The first kappa shape index (κ1) is 27.1. The first-order valence-electron chi connectivity index (χ1n) is 12.1. The van der Waals surface area contributed by atoms with Gasteiger partial charge in [0.15, 0.2) is 0 Å². The van der Waals surface area contributed by atoms with Gasteiger partial charge in [-0.3, -0.25) is 9.32 Å². The number of aliphatic hydroxyl groups excluding tert-OH is 1. The average Bonchev–Trinajstić information content (AvgIpc) is 3.13. The number of esters is 1. The number of ether oxygens (including phenoxy) is 3. The molecule has 34 heavy (non-hydrogen) atoms. The van der Waals surface area contributed by atoms with Gasteiger partial charge in [-0.2, -0.15) is 5.09 Å². The van der Waals surface area contributed by atoms with Gasteiger partial charge in [-0.25, -0.2) is 4.57 Å². The summed E-state index contributed by atoms with van der Waals surface area (Å²) >= 11 is 0. The van der Waals surface area contributed by atoms with E-state index in [0.717, 1.165) is 25.7 Å². The Labute approximate surface area is 202 Å². The lowest BCUT2D eigenvalue weighted by atomic mass is 9.83. The lowest BCUT2D eigenvalue weighted by Gasteiger charge is -2.29. The number of nitrogens with one attached hydrogen (secondary N) is 1. The van der Waals surface area contributed by atoms with Crippen molar-refractivity contribution >= 4 is 13.7 Å². The van der Waals surface area contributed by atoms with E-state index in [0.29, 0.717) is 5.75 Å². The highest BCUT2D eigenvalue weighted by Gasteiger charge is 2.48. The maximum absolute atomic E-state index is 13.7. The van der Waals surface area contributed by atoms with E-state index in [1.807, 2.05) is 0 Å². The van der Waals surface area contributed by atoms with Crippen molar-refractivity contribution in [3.63, 3.8) is 0 Å². The van der Waals surface area contributed by atoms with E-state index >= 15 is 0 Å². The third-order valence-electron chi connectivity index (χ3n) is 6.19. The Morgan fingerprint density at radius 1 is 1.18 bits per heavy atom. The summed E-state index contributed by atoms with van der Waals surface area (Å²) in [7, 11) is -2.51. The van der Waals surface area contributed by atoms with Crippen LogP contribution < -0.4 is 9.61 Å². The lowest BCUT2D eigenvalue weighted by Crippen LogP contribution is -2.39. The molecule has 0 amide bonds. The molecular formula is C24H38NO8P. The molecule has 0 bridgehead atoms. The normalized spacial score (nSPS) is 28.4. The molecule has 9 nitrogen and oxygen atoms in total. The van der Waals surface area contributed by atoms with Crippen LogP contribution in [0, 0.1) is 5.92 Å². The summed E-state index contributed by atoms with van der Waals surface area (Å²) in [6, 6.07) is 7.62. The zero-order chi connectivity index (χ0) is 24.7. The van der Waals surface area contributed by atoms with Crippen LogP contribution in [0.1, 0.15) is 52.9 Å². The van der Waals surface area contributed by atoms with Gasteiger partial charge in [-0.15, -0.1) is 0 Å². The molecule has 10 heteroatoms. The van der Waals surface area contributed by atoms with Crippen molar-refractivity contribution in [3.8, 4) is 5.75 Å². The van der Waals surface area contributed by atoms with Gasteiger partial charge >= 0.3 is 13.7 Å². The Morgan fingerprint density at radius 3 is 2.47 bits per heavy atom. The van der Waals surface area contributed by atoms with E-state index in [2.05, 4.69) is 5.09 Å². The van der Waals surface area contributed by atoms with Crippen molar-refractivity contribution in [1.29, 1.82) is 0 Å². The highest BCUT2D eigenvalue weighted by molar-refractivity contribution is 7.52. The van der Waals surface area contributed by atoms with Crippen LogP contribution >= 0.6 is 7.75 Å². The zero-order valence-corrected chi connectivity index (χ0v) is 21.3. The van der Waals surface area contributed by atoms with Gasteiger partial charge in [-0.05, 0) is 51.7 Å². The Balaban J connectivity index is 1.70.